The number of aliphatic hydroxyl groups is 1. The van der Waals surface area contributed by atoms with Crippen molar-refractivity contribution in [1.29, 1.82) is 0 Å². The van der Waals surface area contributed by atoms with Crippen LogP contribution in [0.15, 0.2) is 0 Å². The second-order valence-corrected chi connectivity index (χ2v) is 5.23. The maximum Gasteiger partial charge on any atom is 0.319 e. The molecule has 0 amide bonds. The summed E-state index contributed by atoms with van der Waals surface area (Å²) in [6.07, 6.45) is -0.740. The number of Topliss-reactive ketones (excluding diaryl/α,β-unsaturated/α-hetero) is 1. The molecule has 2 atom stereocenters. The first-order valence-corrected chi connectivity index (χ1v) is 6.05. The van der Waals surface area contributed by atoms with E-state index in [0.29, 0.717) is 0 Å². The molecule has 0 aromatic heterocycles. The van der Waals surface area contributed by atoms with Crippen molar-refractivity contribution >= 4 is 11.8 Å². The number of carbonyl (C=O) groups is 2. The lowest BCUT2D eigenvalue weighted by atomic mass is 9.78. The van der Waals surface area contributed by atoms with Gasteiger partial charge in [-0.2, -0.15) is 0 Å². The Morgan fingerprint density at radius 3 is 2.06 bits per heavy atom. The minimum absolute atomic E-state index is 0.0213. The van der Waals surface area contributed by atoms with Gasteiger partial charge in [-0.1, -0.05) is 20.8 Å². The molecule has 0 bridgehead atoms. The van der Waals surface area contributed by atoms with Crippen LogP contribution < -0.4 is 0 Å². The van der Waals surface area contributed by atoms with Gasteiger partial charge in [0.05, 0.1) is 12.7 Å². The van der Waals surface area contributed by atoms with Crippen molar-refractivity contribution < 1.29 is 19.4 Å². The van der Waals surface area contributed by atoms with Crippen LogP contribution in [-0.2, 0) is 14.3 Å². The van der Waals surface area contributed by atoms with Gasteiger partial charge in [-0.15, -0.1) is 0 Å². The second kappa shape index (κ2) is 6.15. The highest BCUT2D eigenvalue weighted by Gasteiger charge is 2.42. The largest absolute Gasteiger partial charge is 0.465 e. The molecule has 2 unspecified atom stereocenters. The van der Waals surface area contributed by atoms with Crippen LogP contribution in [0.3, 0.4) is 0 Å². The fourth-order valence-electron chi connectivity index (χ4n) is 1.71. The number of aliphatic hydroxyl groups excluding tert-OH is 1. The fraction of sp³-hybridized carbons (Fsp3) is 0.846. The molecule has 0 radical (unpaired) electrons. The Hall–Kier alpha value is -0.900. The van der Waals surface area contributed by atoms with Crippen molar-refractivity contribution in [3.63, 3.8) is 0 Å². The molecule has 0 aliphatic carbocycles. The van der Waals surface area contributed by atoms with Gasteiger partial charge in [0.1, 0.15) is 5.41 Å². The molecule has 4 nitrogen and oxygen atoms in total. The van der Waals surface area contributed by atoms with Crippen molar-refractivity contribution in [3.8, 4) is 0 Å². The lowest BCUT2D eigenvalue weighted by Gasteiger charge is -2.28. The predicted octanol–water partition coefficient (Wildman–Crippen LogP) is 1.80. The van der Waals surface area contributed by atoms with Crippen LogP contribution in [-0.4, -0.2) is 29.6 Å². The van der Waals surface area contributed by atoms with E-state index < -0.39 is 23.4 Å². The molecule has 0 heterocycles. The Bertz CT molecular complexity index is 281. The van der Waals surface area contributed by atoms with E-state index >= 15 is 0 Å². The molecule has 0 aliphatic heterocycles. The summed E-state index contributed by atoms with van der Waals surface area (Å²) in [7, 11) is 0. The molecule has 4 heteroatoms. The molecular weight excluding hydrogens is 220 g/mol. The van der Waals surface area contributed by atoms with Crippen LogP contribution in [0.5, 0.6) is 0 Å². The van der Waals surface area contributed by atoms with E-state index in [1.165, 1.54) is 13.8 Å². The summed E-state index contributed by atoms with van der Waals surface area (Å²) in [4.78, 5) is 23.8. The smallest absolute Gasteiger partial charge is 0.319 e. The van der Waals surface area contributed by atoms with Crippen molar-refractivity contribution in [2.45, 2.75) is 47.6 Å². The van der Waals surface area contributed by atoms with Crippen molar-refractivity contribution in [3.05, 3.63) is 0 Å². The number of ether oxygens (including phenoxy) is 1. The zero-order chi connectivity index (χ0) is 13.8. The van der Waals surface area contributed by atoms with Gasteiger partial charge in [0, 0.05) is 5.92 Å². The Morgan fingerprint density at radius 1 is 1.24 bits per heavy atom. The van der Waals surface area contributed by atoms with Crippen molar-refractivity contribution in [2.24, 2.45) is 17.3 Å². The highest BCUT2D eigenvalue weighted by atomic mass is 16.5. The topological polar surface area (TPSA) is 63.6 Å². The third-order valence-electron chi connectivity index (χ3n) is 3.01. The lowest BCUT2D eigenvalue weighted by Crippen LogP contribution is -2.43. The normalized spacial score (nSPS) is 15.5. The van der Waals surface area contributed by atoms with Gasteiger partial charge in [0.2, 0.25) is 0 Å². The van der Waals surface area contributed by atoms with Crippen LogP contribution in [0, 0.1) is 17.3 Å². The third-order valence-corrected chi connectivity index (χ3v) is 3.01. The van der Waals surface area contributed by atoms with Gasteiger partial charge < -0.3 is 9.84 Å². The van der Waals surface area contributed by atoms with Crippen molar-refractivity contribution in [2.75, 3.05) is 6.61 Å². The van der Waals surface area contributed by atoms with Crippen molar-refractivity contribution in [1.82, 2.24) is 0 Å². The van der Waals surface area contributed by atoms with Crippen LogP contribution in [0.4, 0.5) is 0 Å². The Labute approximate surface area is 103 Å². The standard InChI is InChI=1S/C13H24O4/c1-7-17-12(16)13(5,6)11(15)9(4)10(14)8(2)3/h8-10,14H,7H2,1-6H3. The molecule has 0 aliphatic rings. The average Bonchev–Trinajstić information content (AvgIpc) is 2.26. The van der Waals surface area contributed by atoms with E-state index in [9.17, 15) is 14.7 Å². The molecule has 0 aromatic carbocycles. The summed E-state index contributed by atoms with van der Waals surface area (Å²) in [5.74, 6) is -1.41. The molecular formula is C13H24O4. The number of esters is 1. The summed E-state index contributed by atoms with van der Waals surface area (Å²) in [5, 5.41) is 9.87. The van der Waals surface area contributed by atoms with E-state index in [1.54, 1.807) is 13.8 Å². The minimum Gasteiger partial charge on any atom is -0.465 e. The first kappa shape index (κ1) is 16.1. The highest BCUT2D eigenvalue weighted by Crippen LogP contribution is 2.26. The molecule has 0 fully saturated rings. The number of ketones is 1. The maximum atomic E-state index is 12.2. The molecule has 0 saturated heterocycles. The first-order valence-electron chi connectivity index (χ1n) is 6.05. The molecule has 1 N–H and O–H groups in total. The van der Waals surface area contributed by atoms with Crippen LogP contribution in [0.25, 0.3) is 0 Å². The van der Waals surface area contributed by atoms with E-state index in [2.05, 4.69) is 0 Å². The maximum absolute atomic E-state index is 12.2. The highest BCUT2D eigenvalue weighted by molar-refractivity contribution is 6.04. The molecule has 0 rings (SSSR count). The zero-order valence-corrected chi connectivity index (χ0v) is 11.6. The quantitative estimate of drug-likeness (QED) is 0.571. The number of rotatable bonds is 6. The SMILES string of the molecule is CCOC(=O)C(C)(C)C(=O)C(C)C(O)C(C)C. The molecule has 17 heavy (non-hydrogen) atoms. The molecule has 0 spiro atoms. The minimum atomic E-state index is -1.20. The Morgan fingerprint density at radius 2 is 1.71 bits per heavy atom. The second-order valence-electron chi connectivity index (χ2n) is 5.23. The predicted molar refractivity (Wildman–Crippen MR) is 65.4 cm³/mol. The Balaban J connectivity index is 4.84. The summed E-state index contributed by atoms with van der Waals surface area (Å²) in [6, 6.07) is 0. The van der Waals surface area contributed by atoms with Gasteiger partial charge in [0.25, 0.3) is 0 Å². The van der Waals surface area contributed by atoms with Gasteiger partial charge in [0.15, 0.2) is 5.78 Å². The number of hydrogen-bond donors (Lipinski definition) is 1. The lowest BCUT2D eigenvalue weighted by molar-refractivity contribution is -0.160. The van der Waals surface area contributed by atoms with Crippen LogP contribution in [0.1, 0.15) is 41.5 Å². The van der Waals surface area contributed by atoms with Crippen LogP contribution >= 0.6 is 0 Å². The van der Waals surface area contributed by atoms with E-state index in [-0.39, 0.29) is 18.3 Å². The van der Waals surface area contributed by atoms with Crippen LogP contribution in [0.2, 0.25) is 0 Å². The number of hydrogen-bond acceptors (Lipinski definition) is 4. The average molecular weight is 244 g/mol. The molecule has 100 valence electrons. The Kier molecular flexibility index (Phi) is 5.82. The number of carbonyl (C=O) groups excluding carboxylic acids is 2. The third kappa shape index (κ3) is 3.80. The molecule has 0 saturated carbocycles. The van der Waals surface area contributed by atoms with E-state index in [1.807, 2.05) is 13.8 Å². The van der Waals surface area contributed by atoms with Gasteiger partial charge in [-0.3, -0.25) is 9.59 Å². The molecule has 0 aromatic rings. The first-order chi connectivity index (χ1) is 7.66. The van der Waals surface area contributed by atoms with Gasteiger partial charge in [-0.05, 0) is 26.7 Å². The monoisotopic (exact) mass is 244 g/mol. The van der Waals surface area contributed by atoms with E-state index in [0.717, 1.165) is 0 Å². The van der Waals surface area contributed by atoms with Gasteiger partial charge >= 0.3 is 5.97 Å². The van der Waals surface area contributed by atoms with Gasteiger partial charge in [-0.25, -0.2) is 0 Å². The summed E-state index contributed by atoms with van der Waals surface area (Å²) >= 11 is 0. The zero-order valence-electron chi connectivity index (χ0n) is 11.6. The van der Waals surface area contributed by atoms with E-state index in [4.69, 9.17) is 4.74 Å². The summed E-state index contributed by atoms with van der Waals surface area (Å²) < 4.78 is 4.88. The fourth-order valence-corrected chi connectivity index (χ4v) is 1.71. The summed E-state index contributed by atoms with van der Waals surface area (Å²) in [6.45, 7) is 10.3. The summed E-state index contributed by atoms with van der Waals surface area (Å²) in [5.41, 5.74) is -1.20.